The molecule has 1 fully saturated rings. The van der Waals surface area contributed by atoms with Crippen LogP contribution in [0.2, 0.25) is 0 Å². The van der Waals surface area contributed by atoms with Crippen molar-refractivity contribution < 1.29 is 32.7 Å². The van der Waals surface area contributed by atoms with E-state index in [2.05, 4.69) is 10.6 Å². The third-order valence-corrected chi connectivity index (χ3v) is 3.71. The smallest absolute Gasteiger partial charge is 0.382 e. The van der Waals surface area contributed by atoms with Gasteiger partial charge in [0.25, 0.3) is 0 Å². The first-order valence-corrected chi connectivity index (χ1v) is 6.68. The molecule has 0 aromatic rings. The van der Waals surface area contributed by atoms with Crippen molar-refractivity contribution in [2.75, 3.05) is 0 Å². The fraction of sp³-hybridized carbons (Fsp3) is 0.750. The lowest BCUT2D eigenvalue weighted by atomic mass is 9.76. The highest BCUT2D eigenvalue weighted by molar-refractivity contribution is 5.89. The van der Waals surface area contributed by atoms with E-state index in [0.717, 1.165) is 0 Å². The van der Waals surface area contributed by atoms with E-state index in [1.807, 2.05) is 0 Å². The van der Waals surface area contributed by atoms with Crippen LogP contribution in [-0.4, -0.2) is 47.2 Å². The molecule has 0 bridgehead atoms. The number of rotatable bonds is 8. The van der Waals surface area contributed by atoms with Gasteiger partial charge >= 0.3 is 6.18 Å². The number of primary amides is 1. The average molecular weight is 325 g/mol. The number of nitrogens with one attached hydrogen (secondary N) is 2. The summed E-state index contributed by atoms with van der Waals surface area (Å²) in [5.41, 5.74) is 3.63. The SMILES string of the molecule is NC(=O)CC[C@H](NC(=O)C1(NC=O)CCC1)C(O)C(F)(F)F. The van der Waals surface area contributed by atoms with Crippen molar-refractivity contribution in [1.82, 2.24) is 10.6 Å². The number of carbonyl (C=O) groups excluding carboxylic acids is 3. The number of alkyl halides is 3. The maximum Gasteiger partial charge on any atom is 0.416 e. The summed E-state index contributed by atoms with van der Waals surface area (Å²) in [5, 5.41) is 13.7. The maximum absolute atomic E-state index is 12.6. The third kappa shape index (κ3) is 4.33. The average Bonchev–Trinajstić information content (AvgIpc) is 2.36. The first-order chi connectivity index (χ1) is 10.1. The van der Waals surface area contributed by atoms with E-state index in [1.54, 1.807) is 0 Å². The van der Waals surface area contributed by atoms with Crippen LogP contribution in [0, 0.1) is 0 Å². The summed E-state index contributed by atoms with van der Waals surface area (Å²) in [6.07, 6.45) is -7.14. The van der Waals surface area contributed by atoms with E-state index in [1.165, 1.54) is 0 Å². The number of hydrogen-bond donors (Lipinski definition) is 4. The molecular weight excluding hydrogens is 307 g/mol. The lowest BCUT2D eigenvalue weighted by Crippen LogP contribution is -2.64. The third-order valence-electron chi connectivity index (χ3n) is 3.71. The summed E-state index contributed by atoms with van der Waals surface area (Å²) in [5.74, 6) is -1.67. The van der Waals surface area contributed by atoms with Crippen LogP contribution in [0.1, 0.15) is 32.1 Å². The Morgan fingerprint density at radius 2 is 1.95 bits per heavy atom. The van der Waals surface area contributed by atoms with Crippen molar-refractivity contribution in [3.8, 4) is 0 Å². The van der Waals surface area contributed by atoms with Gasteiger partial charge in [0.05, 0.1) is 6.04 Å². The molecule has 126 valence electrons. The molecule has 1 aliphatic rings. The Morgan fingerprint density at radius 3 is 2.32 bits per heavy atom. The number of aliphatic hydroxyl groups is 1. The Kier molecular flexibility index (Phi) is 5.75. The van der Waals surface area contributed by atoms with Crippen LogP contribution in [0.5, 0.6) is 0 Å². The molecule has 0 aromatic carbocycles. The first-order valence-electron chi connectivity index (χ1n) is 6.68. The lowest BCUT2D eigenvalue weighted by molar-refractivity contribution is -0.213. The Labute approximate surface area is 124 Å². The molecule has 1 unspecified atom stereocenters. The Bertz CT molecular complexity index is 438. The van der Waals surface area contributed by atoms with Gasteiger partial charge in [0, 0.05) is 6.42 Å². The summed E-state index contributed by atoms with van der Waals surface area (Å²) in [4.78, 5) is 33.3. The molecule has 5 N–H and O–H groups in total. The van der Waals surface area contributed by atoms with Crippen LogP contribution in [-0.2, 0) is 14.4 Å². The van der Waals surface area contributed by atoms with Crippen molar-refractivity contribution in [3.05, 3.63) is 0 Å². The van der Waals surface area contributed by atoms with E-state index in [4.69, 9.17) is 5.73 Å². The summed E-state index contributed by atoms with van der Waals surface area (Å²) < 4.78 is 37.9. The molecule has 0 aliphatic heterocycles. The van der Waals surface area contributed by atoms with Crippen molar-refractivity contribution >= 4 is 18.2 Å². The van der Waals surface area contributed by atoms with Gasteiger partial charge in [-0.15, -0.1) is 0 Å². The zero-order valence-corrected chi connectivity index (χ0v) is 11.7. The maximum atomic E-state index is 12.6. The molecule has 0 heterocycles. The van der Waals surface area contributed by atoms with Gasteiger partial charge in [-0.25, -0.2) is 0 Å². The second-order valence-corrected chi connectivity index (χ2v) is 5.27. The quantitative estimate of drug-likeness (QED) is 0.442. The van der Waals surface area contributed by atoms with E-state index in [-0.39, 0.29) is 0 Å². The standard InChI is InChI=1S/C12H18F3N3O4/c13-12(14,15)9(21)7(2-3-8(16)20)18-10(22)11(17-6-19)4-1-5-11/h6-7,9,21H,1-5H2,(H2,16,20)(H,17,19)(H,18,22)/t7-,9?/m0/s1. The Balaban J connectivity index is 2.80. The van der Waals surface area contributed by atoms with Crippen LogP contribution < -0.4 is 16.4 Å². The van der Waals surface area contributed by atoms with Crippen LogP contribution >= 0.6 is 0 Å². The zero-order valence-electron chi connectivity index (χ0n) is 11.7. The predicted octanol–water partition coefficient (Wildman–Crippen LogP) is -0.671. The lowest BCUT2D eigenvalue weighted by Gasteiger charge is -2.41. The molecule has 0 aromatic heterocycles. The molecular formula is C12H18F3N3O4. The molecule has 22 heavy (non-hydrogen) atoms. The second-order valence-electron chi connectivity index (χ2n) is 5.27. The molecule has 10 heteroatoms. The minimum absolute atomic E-state index is 0.294. The number of hydrogen-bond acceptors (Lipinski definition) is 4. The highest BCUT2D eigenvalue weighted by Gasteiger charge is 2.48. The van der Waals surface area contributed by atoms with Gasteiger partial charge in [-0.05, 0) is 25.7 Å². The van der Waals surface area contributed by atoms with Crippen LogP contribution in [0.3, 0.4) is 0 Å². The van der Waals surface area contributed by atoms with E-state index in [0.29, 0.717) is 25.7 Å². The molecule has 2 atom stereocenters. The summed E-state index contributed by atoms with van der Waals surface area (Å²) >= 11 is 0. The van der Waals surface area contributed by atoms with Crippen LogP contribution in [0.4, 0.5) is 13.2 Å². The molecule has 1 aliphatic carbocycles. The van der Waals surface area contributed by atoms with Crippen LogP contribution in [0.15, 0.2) is 0 Å². The zero-order chi connectivity index (χ0) is 17.0. The fourth-order valence-electron chi connectivity index (χ4n) is 2.22. The van der Waals surface area contributed by atoms with E-state index < -0.39 is 48.5 Å². The Hall–Kier alpha value is -1.84. The number of halogens is 3. The van der Waals surface area contributed by atoms with Gasteiger partial charge in [-0.3, -0.25) is 14.4 Å². The van der Waals surface area contributed by atoms with Crippen molar-refractivity contribution in [2.24, 2.45) is 5.73 Å². The molecule has 1 saturated carbocycles. The molecule has 0 radical (unpaired) electrons. The molecule has 1 rings (SSSR count). The summed E-state index contributed by atoms with van der Waals surface area (Å²) in [7, 11) is 0. The summed E-state index contributed by atoms with van der Waals surface area (Å²) in [6.45, 7) is 0. The van der Waals surface area contributed by atoms with E-state index >= 15 is 0 Å². The van der Waals surface area contributed by atoms with Gasteiger partial charge < -0.3 is 21.5 Å². The normalized spacial score (nSPS) is 19.5. The van der Waals surface area contributed by atoms with Gasteiger partial charge in [0.2, 0.25) is 18.2 Å². The first kappa shape index (κ1) is 18.2. The molecule has 3 amide bonds. The molecule has 0 saturated heterocycles. The number of nitrogens with two attached hydrogens (primary N) is 1. The topological polar surface area (TPSA) is 122 Å². The predicted molar refractivity (Wildman–Crippen MR) is 68.2 cm³/mol. The molecule has 0 spiro atoms. The Morgan fingerprint density at radius 1 is 1.36 bits per heavy atom. The van der Waals surface area contributed by atoms with Crippen molar-refractivity contribution in [2.45, 2.75) is 56.0 Å². The minimum atomic E-state index is -4.96. The number of carbonyl (C=O) groups is 3. The highest BCUT2D eigenvalue weighted by Crippen LogP contribution is 2.32. The minimum Gasteiger partial charge on any atom is -0.382 e. The van der Waals surface area contributed by atoms with E-state index in [9.17, 15) is 32.7 Å². The van der Waals surface area contributed by atoms with Gasteiger partial charge in [-0.2, -0.15) is 13.2 Å². The largest absolute Gasteiger partial charge is 0.416 e. The van der Waals surface area contributed by atoms with Crippen molar-refractivity contribution in [1.29, 1.82) is 0 Å². The number of aliphatic hydroxyl groups excluding tert-OH is 1. The van der Waals surface area contributed by atoms with Crippen LogP contribution in [0.25, 0.3) is 0 Å². The highest BCUT2D eigenvalue weighted by atomic mass is 19.4. The number of amides is 3. The monoisotopic (exact) mass is 325 g/mol. The molecule has 7 nitrogen and oxygen atoms in total. The van der Waals surface area contributed by atoms with Crippen molar-refractivity contribution in [3.63, 3.8) is 0 Å². The van der Waals surface area contributed by atoms with Gasteiger partial charge in [-0.1, -0.05) is 0 Å². The van der Waals surface area contributed by atoms with Gasteiger partial charge in [0.15, 0.2) is 6.10 Å². The fourth-order valence-corrected chi connectivity index (χ4v) is 2.22. The second kappa shape index (κ2) is 6.95. The van der Waals surface area contributed by atoms with Gasteiger partial charge in [0.1, 0.15) is 5.54 Å². The summed E-state index contributed by atoms with van der Waals surface area (Å²) in [6, 6.07) is -1.72.